The van der Waals surface area contributed by atoms with Gasteiger partial charge in [-0.05, 0) is 23.6 Å². The predicted octanol–water partition coefficient (Wildman–Crippen LogP) is 3.01. The molecule has 0 spiro atoms. The molecule has 192 valence electrons. The van der Waals surface area contributed by atoms with Gasteiger partial charge in [0.25, 0.3) is 11.8 Å². The number of hydrogen-bond donors (Lipinski definition) is 1. The molecule has 3 unspecified atom stereocenters. The first-order valence-corrected chi connectivity index (χ1v) is 11.9. The third kappa shape index (κ3) is 4.48. The molecular weight excluding hydrogens is 484 g/mol. The molecule has 3 aromatic rings. The first-order chi connectivity index (χ1) is 17.8. The quantitative estimate of drug-likeness (QED) is 0.528. The van der Waals surface area contributed by atoms with Crippen LogP contribution >= 0.6 is 0 Å². The summed E-state index contributed by atoms with van der Waals surface area (Å²) in [7, 11) is 0. The fourth-order valence-electron chi connectivity index (χ4n) is 5.04. The number of aromatic nitrogens is 1. The van der Waals surface area contributed by atoms with Crippen molar-refractivity contribution in [3.05, 3.63) is 99.0 Å². The van der Waals surface area contributed by atoms with Gasteiger partial charge in [0.15, 0.2) is 17.7 Å². The summed E-state index contributed by atoms with van der Waals surface area (Å²) >= 11 is 0. The summed E-state index contributed by atoms with van der Waals surface area (Å²) in [6.07, 6.45) is 0.595. The topological polar surface area (TPSA) is 104 Å². The summed E-state index contributed by atoms with van der Waals surface area (Å²) in [6.45, 7) is 1.99. The molecule has 37 heavy (non-hydrogen) atoms. The van der Waals surface area contributed by atoms with Crippen LogP contribution in [0.2, 0.25) is 0 Å². The predicted molar refractivity (Wildman–Crippen MR) is 129 cm³/mol. The molecule has 1 aromatic heterocycles. The van der Waals surface area contributed by atoms with Crippen molar-refractivity contribution in [2.75, 3.05) is 0 Å². The molecule has 5 rings (SSSR count). The van der Waals surface area contributed by atoms with E-state index < -0.39 is 47.3 Å². The number of ether oxygens (including phenoxy) is 2. The molecule has 2 aromatic carbocycles. The van der Waals surface area contributed by atoms with Gasteiger partial charge in [0.2, 0.25) is 5.43 Å². The lowest BCUT2D eigenvalue weighted by molar-refractivity contribution is -0.0147. The first-order valence-electron chi connectivity index (χ1n) is 11.9. The van der Waals surface area contributed by atoms with E-state index in [-0.39, 0.29) is 42.1 Å². The number of fused-ring (bicyclic) bond motifs is 2. The molecular formula is C27H25F2N3O5. The number of carbonyl (C=O) groups excluding carboxylic acids is 2. The molecule has 1 fully saturated rings. The normalized spacial score (nSPS) is 20.5. The van der Waals surface area contributed by atoms with Crippen molar-refractivity contribution in [2.45, 2.75) is 51.3 Å². The van der Waals surface area contributed by atoms with Gasteiger partial charge in [0, 0.05) is 18.7 Å². The molecule has 8 nitrogen and oxygen atoms in total. The van der Waals surface area contributed by atoms with Crippen LogP contribution in [0.5, 0.6) is 5.75 Å². The fraction of sp³-hybridized carbons (Fsp3) is 0.296. The highest BCUT2D eigenvalue weighted by molar-refractivity contribution is 5.99. The monoisotopic (exact) mass is 509 g/mol. The third-order valence-corrected chi connectivity index (χ3v) is 6.80. The number of benzene rings is 2. The molecule has 1 saturated heterocycles. The lowest BCUT2D eigenvalue weighted by Gasteiger charge is -2.35. The first kappa shape index (κ1) is 24.6. The number of amides is 2. The van der Waals surface area contributed by atoms with Gasteiger partial charge in [-0.15, -0.1) is 0 Å². The van der Waals surface area contributed by atoms with E-state index in [4.69, 9.17) is 15.2 Å². The Morgan fingerprint density at radius 2 is 1.92 bits per heavy atom. The number of halogens is 2. The maximum absolute atomic E-state index is 14.4. The Morgan fingerprint density at radius 1 is 1.16 bits per heavy atom. The van der Waals surface area contributed by atoms with Crippen LogP contribution in [-0.4, -0.2) is 39.7 Å². The van der Waals surface area contributed by atoms with E-state index in [9.17, 15) is 23.2 Å². The van der Waals surface area contributed by atoms with E-state index in [1.54, 1.807) is 17.0 Å². The summed E-state index contributed by atoms with van der Waals surface area (Å²) in [5.74, 6) is -3.07. The number of hydrogen-bond acceptors (Lipinski definition) is 5. The summed E-state index contributed by atoms with van der Waals surface area (Å²) in [5, 5.41) is 0. The second kappa shape index (κ2) is 9.78. The second-order valence-electron chi connectivity index (χ2n) is 9.10. The van der Waals surface area contributed by atoms with E-state index in [1.807, 2.05) is 25.1 Å². The zero-order valence-corrected chi connectivity index (χ0v) is 20.0. The molecule has 0 bridgehead atoms. The van der Waals surface area contributed by atoms with Crippen LogP contribution in [0, 0.1) is 11.6 Å². The van der Waals surface area contributed by atoms with Crippen molar-refractivity contribution < 1.29 is 27.8 Å². The number of nitrogens with zero attached hydrogens (tertiary/aromatic N) is 2. The van der Waals surface area contributed by atoms with Gasteiger partial charge >= 0.3 is 0 Å². The largest absolute Gasteiger partial charge is 0.483 e. The molecule has 2 amide bonds. The smallest absolute Gasteiger partial charge is 0.276 e. The molecule has 2 N–H and O–H groups in total. The molecule has 10 heteroatoms. The van der Waals surface area contributed by atoms with E-state index in [1.165, 1.54) is 22.9 Å². The van der Waals surface area contributed by atoms with E-state index >= 15 is 0 Å². The maximum Gasteiger partial charge on any atom is 0.276 e. The van der Waals surface area contributed by atoms with Gasteiger partial charge in [0.05, 0.1) is 18.7 Å². The van der Waals surface area contributed by atoms with Crippen molar-refractivity contribution in [3.8, 4) is 5.75 Å². The van der Waals surface area contributed by atoms with E-state index in [2.05, 4.69) is 0 Å². The van der Waals surface area contributed by atoms with Crippen molar-refractivity contribution in [2.24, 2.45) is 5.73 Å². The Morgan fingerprint density at radius 3 is 2.59 bits per heavy atom. The number of nitrogens with two attached hydrogens (primary N) is 1. The molecule has 0 aliphatic carbocycles. The zero-order chi connectivity index (χ0) is 26.3. The van der Waals surface area contributed by atoms with Gasteiger partial charge in [0.1, 0.15) is 23.8 Å². The lowest BCUT2D eigenvalue weighted by atomic mass is 9.98. The lowest BCUT2D eigenvalue weighted by Crippen LogP contribution is -2.50. The van der Waals surface area contributed by atoms with Gasteiger partial charge in [-0.25, -0.2) is 8.78 Å². The van der Waals surface area contributed by atoms with Crippen LogP contribution < -0.4 is 15.9 Å². The van der Waals surface area contributed by atoms with Gasteiger partial charge in [-0.2, -0.15) is 0 Å². The van der Waals surface area contributed by atoms with Crippen molar-refractivity contribution in [1.29, 1.82) is 0 Å². The Bertz CT molecular complexity index is 1430. The third-order valence-electron chi connectivity index (χ3n) is 6.80. The number of rotatable bonds is 7. The van der Waals surface area contributed by atoms with Crippen LogP contribution in [0.15, 0.2) is 59.5 Å². The minimum absolute atomic E-state index is 0.00200. The summed E-state index contributed by atoms with van der Waals surface area (Å²) in [4.78, 5) is 40.5. The Labute approximate surface area is 211 Å². The maximum atomic E-state index is 14.4. The van der Waals surface area contributed by atoms with Crippen LogP contribution in [0.3, 0.4) is 0 Å². The zero-order valence-electron chi connectivity index (χ0n) is 20.0. The summed E-state index contributed by atoms with van der Waals surface area (Å²) < 4.78 is 41.2. The Hall–Kier alpha value is -4.05. The minimum Gasteiger partial charge on any atom is -0.483 e. The van der Waals surface area contributed by atoms with Crippen LogP contribution in [0.25, 0.3) is 0 Å². The molecule has 0 saturated carbocycles. The average molecular weight is 510 g/mol. The summed E-state index contributed by atoms with van der Waals surface area (Å²) in [5.41, 5.74) is 5.41. The SMILES string of the molecule is CCC1C(Cc2ccc(F)cc2F)OC2Cn3cc(C(N)=O)c(=O)c(OCc4ccccc4)c3C(=O)N21. The fourth-order valence-corrected chi connectivity index (χ4v) is 5.04. The number of primary amides is 1. The number of pyridine rings is 1. The van der Waals surface area contributed by atoms with Gasteiger partial charge < -0.3 is 24.7 Å². The van der Waals surface area contributed by atoms with E-state index in [0.717, 1.165) is 11.6 Å². The van der Waals surface area contributed by atoms with Crippen LogP contribution in [0.1, 0.15) is 45.3 Å². The van der Waals surface area contributed by atoms with Gasteiger partial charge in [-0.3, -0.25) is 14.4 Å². The molecule has 3 atom stereocenters. The van der Waals surface area contributed by atoms with Gasteiger partial charge in [-0.1, -0.05) is 43.3 Å². The average Bonchev–Trinajstić information content (AvgIpc) is 3.22. The van der Waals surface area contributed by atoms with Crippen molar-refractivity contribution in [3.63, 3.8) is 0 Å². The number of carbonyl (C=O) groups is 2. The standard InChI is InChI=1S/C27H25F2N3O5/c1-2-20-21(10-16-8-9-17(28)11-19(16)29)37-22-13-31-12-18(26(30)34)24(33)25(23(31)27(35)32(20)22)36-14-15-6-4-3-5-7-15/h3-9,11-12,20-22H,2,10,13-14H2,1H3,(H2,30,34). The highest BCUT2D eigenvalue weighted by Gasteiger charge is 2.48. The Balaban J connectivity index is 1.50. The molecule has 2 aliphatic heterocycles. The minimum atomic E-state index is -0.942. The van der Waals surface area contributed by atoms with Crippen molar-refractivity contribution >= 4 is 11.8 Å². The highest BCUT2D eigenvalue weighted by atomic mass is 19.1. The van der Waals surface area contributed by atoms with E-state index in [0.29, 0.717) is 6.42 Å². The van der Waals surface area contributed by atoms with Crippen LogP contribution in [-0.2, 0) is 24.3 Å². The van der Waals surface area contributed by atoms with Crippen LogP contribution in [0.4, 0.5) is 8.78 Å². The van der Waals surface area contributed by atoms with Crippen molar-refractivity contribution in [1.82, 2.24) is 9.47 Å². The second-order valence-corrected chi connectivity index (χ2v) is 9.10. The molecule has 2 aliphatic rings. The highest BCUT2D eigenvalue weighted by Crippen LogP contribution is 2.36. The molecule has 3 heterocycles. The Kier molecular flexibility index (Phi) is 6.51. The molecule has 0 radical (unpaired) electrons. The summed E-state index contributed by atoms with van der Waals surface area (Å²) in [6, 6.07) is 12.0.